The maximum Gasteiger partial charge on any atom is 0.346 e. The molecular formula is C85H86N2O2S3. The number of benzene rings is 7. The third-order valence-corrected chi connectivity index (χ3v) is 24.5. The lowest BCUT2D eigenvalue weighted by molar-refractivity contribution is -0.132. The fourth-order valence-electron chi connectivity index (χ4n) is 16.2. The van der Waals surface area contributed by atoms with Gasteiger partial charge in [-0.2, -0.15) is 5.26 Å². The van der Waals surface area contributed by atoms with Crippen LogP contribution in [-0.2, 0) is 21.0 Å². The number of anilines is 3. The molecule has 92 heavy (non-hydrogen) atoms. The third kappa shape index (κ3) is 11.2. The Kier molecular flexibility index (Phi) is 18.5. The molecule has 7 aromatic carbocycles. The van der Waals surface area contributed by atoms with Gasteiger partial charge in [0.1, 0.15) is 11.6 Å². The Balaban J connectivity index is 0.966. The summed E-state index contributed by atoms with van der Waals surface area (Å²) in [5.74, 6) is -1.22. The molecule has 0 amide bonds. The van der Waals surface area contributed by atoms with E-state index >= 15 is 0 Å². The molecule has 0 atom stereocenters. The van der Waals surface area contributed by atoms with Crippen LogP contribution in [0.2, 0.25) is 0 Å². The molecule has 13 rings (SSSR count). The zero-order valence-corrected chi connectivity index (χ0v) is 57.0. The first kappa shape index (κ1) is 62.9. The van der Waals surface area contributed by atoms with Gasteiger partial charge in [0.05, 0.1) is 4.88 Å². The quantitative estimate of drug-likeness (QED) is 0.0412. The second kappa shape index (κ2) is 27.0. The molecule has 3 aliphatic carbocycles. The van der Waals surface area contributed by atoms with E-state index in [1.54, 1.807) is 11.3 Å². The van der Waals surface area contributed by atoms with Crippen molar-refractivity contribution in [3.05, 3.63) is 226 Å². The van der Waals surface area contributed by atoms with Crippen LogP contribution in [-0.4, -0.2) is 11.1 Å². The largest absolute Gasteiger partial charge is 0.477 e. The number of unbranched alkanes of at least 4 members (excludes halogenated alkanes) is 6. The number of nitrogens with zero attached hydrogens (tertiary/aromatic N) is 2. The highest BCUT2D eigenvalue weighted by atomic mass is 32.1. The molecule has 1 N–H and O–H groups in total. The van der Waals surface area contributed by atoms with Crippen molar-refractivity contribution in [2.45, 2.75) is 173 Å². The minimum atomic E-state index is -1.22. The summed E-state index contributed by atoms with van der Waals surface area (Å²) in [5, 5.41) is 19.3. The number of thiophene rings is 3. The van der Waals surface area contributed by atoms with Crippen LogP contribution in [0.25, 0.3) is 80.5 Å². The number of rotatable bonds is 27. The zero-order chi connectivity index (χ0) is 63.6. The standard InChI is InChI=1S/C85H86N2O2S3/c1-7-13-45-83(46-14-8-2)71-28-22-19-25-64(71)67-39-33-58(52-74(67)83)70-55-80(92-81(70)79-44-43-78(91-79)77-42-38-63(90-77)51-59(56-86)82(88)89)57-31-34-60(35-32-57)87(61-36-40-68-65-26-20-23-29-72(65)84(47-15-9-3,48-16-10-4)75(68)53-61)62-37-41-69-66-27-21-24-30-73(66)85(49-17-11-5,50-18-12-6)76(69)54-62/h19-44,51-55H,7-18,45-50H2,1-6H3,(H,88,89)/b59-51+. The fraction of sp³-hybridized carbons (Fsp3) is 0.318. The predicted molar refractivity (Wildman–Crippen MR) is 394 cm³/mol. The van der Waals surface area contributed by atoms with Crippen LogP contribution in [0, 0.1) is 11.3 Å². The highest BCUT2D eigenvalue weighted by molar-refractivity contribution is 7.27. The van der Waals surface area contributed by atoms with Crippen LogP contribution in [0.1, 0.15) is 195 Å². The summed E-state index contributed by atoms with van der Waals surface area (Å²) < 4.78 is 0. The maximum atomic E-state index is 11.8. The molecule has 3 aromatic heterocycles. The van der Waals surface area contributed by atoms with E-state index in [1.807, 2.05) is 29.5 Å². The second-order valence-electron chi connectivity index (χ2n) is 26.3. The first-order valence-electron chi connectivity index (χ1n) is 34.4. The van der Waals surface area contributed by atoms with E-state index in [0.717, 1.165) is 71.7 Å². The lowest BCUT2D eigenvalue weighted by Crippen LogP contribution is -2.26. The molecule has 466 valence electrons. The Morgan fingerprint density at radius 2 is 0.793 bits per heavy atom. The van der Waals surface area contributed by atoms with Gasteiger partial charge < -0.3 is 10.0 Å². The van der Waals surface area contributed by atoms with Gasteiger partial charge in [-0.05, 0) is 195 Å². The molecule has 3 heterocycles. The van der Waals surface area contributed by atoms with Crippen molar-refractivity contribution < 1.29 is 9.90 Å². The SMILES string of the molecule is CCCCC1(CCCC)c2ccccc2-c2ccc(-c3cc(-c4ccc(N(c5ccc6c(c5)C(CCCC)(CCCC)c5ccccc5-6)c5ccc6c(c5)C(CCCC)(CCCC)c5ccccc5-6)cc4)sc3-c3ccc(-c4ccc(/C=C(\C#N)C(=O)O)s4)s3)cc21. The van der Waals surface area contributed by atoms with Crippen molar-refractivity contribution in [1.29, 1.82) is 5.26 Å². The normalized spacial score (nSPS) is 14.3. The lowest BCUT2D eigenvalue weighted by atomic mass is 9.70. The minimum absolute atomic E-state index is 0.0488. The molecule has 0 unspecified atom stereocenters. The minimum Gasteiger partial charge on any atom is -0.477 e. The molecule has 3 aliphatic rings. The molecule has 7 heteroatoms. The van der Waals surface area contributed by atoms with Gasteiger partial charge in [0.2, 0.25) is 0 Å². The van der Waals surface area contributed by atoms with E-state index in [1.165, 1.54) is 191 Å². The van der Waals surface area contributed by atoms with Crippen LogP contribution in [0.5, 0.6) is 0 Å². The number of carboxylic acids is 1. The Labute approximate surface area is 559 Å². The smallest absolute Gasteiger partial charge is 0.346 e. The molecule has 0 bridgehead atoms. The molecule has 0 spiro atoms. The average Bonchev–Trinajstić information content (AvgIpc) is 1.56. The van der Waals surface area contributed by atoms with E-state index in [-0.39, 0.29) is 21.8 Å². The summed E-state index contributed by atoms with van der Waals surface area (Å²) in [7, 11) is 0. The van der Waals surface area contributed by atoms with Crippen molar-refractivity contribution in [3.8, 4) is 80.5 Å². The Morgan fingerprint density at radius 3 is 1.25 bits per heavy atom. The van der Waals surface area contributed by atoms with Crippen molar-refractivity contribution in [2.24, 2.45) is 0 Å². The molecule has 0 saturated heterocycles. The molecule has 0 saturated carbocycles. The van der Waals surface area contributed by atoms with Gasteiger partial charge in [0.15, 0.2) is 0 Å². The Hall–Kier alpha value is -7.86. The lowest BCUT2D eigenvalue weighted by Gasteiger charge is -2.35. The van der Waals surface area contributed by atoms with Crippen LogP contribution < -0.4 is 4.90 Å². The van der Waals surface area contributed by atoms with Crippen LogP contribution in [0.15, 0.2) is 188 Å². The number of hydrogen-bond donors (Lipinski definition) is 1. The van der Waals surface area contributed by atoms with Gasteiger partial charge in [-0.25, -0.2) is 4.79 Å². The van der Waals surface area contributed by atoms with E-state index in [0.29, 0.717) is 0 Å². The van der Waals surface area contributed by atoms with Gasteiger partial charge >= 0.3 is 5.97 Å². The summed E-state index contributed by atoms with van der Waals surface area (Å²) in [5.41, 5.74) is 24.0. The number of carbonyl (C=O) groups is 1. The maximum absolute atomic E-state index is 11.8. The van der Waals surface area contributed by atoms with Gasteiger partial charge in [-0.1, -0.05) is 228 Å². The number of hydrogen-bond acceptors (Lipinski definition) is 6. The summed E-state index contributed by atoms with van der Waals surface area (Å²) >= 11 is 5.17. The topological polar surface area (TPSA) is 64.3 Å². The van der Waals surface area contributed by atoms with Gasteiger partial charge in [0, 0.05) is 63.3 Å². The molecule has 0 fully saturated rings. The monoisotopic (exact) mass is 1260 g/mol. The van der Waals surface area contributed by atoms with Crippen LogP contribution in [0.4, 0.5) is 17.1 Å². The van der Waals surface area contributed by atoms with Crippen molar-refractivity contribution in [1.82, 2.24) is 0 Å². The number of carboxylic acid groups (broad SMARTS) is 1. The van der Waals surface area contributed by atoms with Crippen LogP contribution in [0.3, 0.4) is 0 Å². The van der Waals surface area contributed by atoms with Crippen molar-refractivity contribution in [2.75, 3.05) is 4.90 Å². The number of aliphatic carboxylic acids is 1. The molecule has 4 nitrogen and oxygen atoms in total. The van der Waals surface area contributed by atoms with E-state index in [4.69, 9.17) is 0 Å². The third-order valence-electron chi connectivity index (χ3n) is 20.8. The van der Waals surface area contributed by atoms with Gasteiger partial charge in [-0.15, -0.1) is 34.0 Å². The van der Waals surface area contributed by atoms with E-state index in [9.17, 15) is 15.2 Å². The summed E-state index contributed by atoms with van der Waals surface area (Å²) in [6.45, 7) is 14.1. The first-order chi connectivity index (χ1) is 45.1. The molecule has 0 aliphatic heterocycles. The fourth-order valence-corrected chi connectivity index (χ4v) is 19.6. The van der Waals surface area contributed by atoms with Crippen LogP contribution >= 0.6 is 34.0 Å². The molecule has 10 aromatic rings. The number of nitriles is 1. The van der Waals surface area contributed by atoms with Crippen molar-refractivity contribution >= 4 is 63.1 Å². The molecule has 0 radical (unpaired) electrons. The van der Waals surface area contributed by atoms with E-state index in [2.05, 4.69) is 216 Å². The second-order valence-corrected chi connectivity index (χ2v) is 29.6. The summed E-state index contributed by atoms with van der Waals surface area (Å²) in [4.78, 5) is 21.0. The Morgan fingerprint density at radius 1 is 0.402 bits per heavy atom. The average molecular weight is 1260 g/mol. The summed E-state index contributed by atoms with van der Waals surface area (Å²) in [6, 6.07) is 72.5. The molecular weight excluding hydrogens is 1180 g/mol. The van der Waals surface area contributed by atoms with Gasteiger partial charge in [0.25, 0.3) is 0 Å². The first-order valence-corrected chi connectivity index (χ1v) is 36.9. The van der Waals surface area contributed by atoms with Gasteiger partial charge in [-0.3, -0.25) is 0 Å². The zero-order valence-electron chi connectivity index (χ0n) is 54.6. The highest BCUT2D eigenvalue weighted by Crippen LogP contribution is 2.60. The summed E-state index contributed by atoms with van der Waals surface area (Å²) in [6.07, 6.45) is 22.4. The number of fused-ring (bicyclic) bond motifs is 9. The van der Waals surface area contributed by atoms with E-state index < -0.39 is 5.97 Å². The Bertz CT molecular complexity index is 4260. The van der Waals surface area contributed by atoms with Crippen molar-refractivity contribution in [3.63, 3.8) is 0 Å². The predicted octanol–water partition coefficient (Wildman–Crippen LogP) is 25.9. The highest BCUT2D eigenvalue weighted by Gasteiger charge is 2.45.